The number of amides is 2. The molecule has 0 spiro atoms. The van der Waals surface area contributed by atoms with Crippen molar-refractivity contribution in [3.05, 3.63) is 74.4 Å². The highest BCUT2D eigenvalue weighted by Crippen LogP contribution is 2.34. The second-order valence-electron chi connectivity index (χ2n) is 8.72. The maximum atomic E-state index is 13.6. The van der Waals surface area contributed by atoms with Crippen molar-refractivity contribution in [3.63, 3.8) is 0 Å². The smallest absolute Gasteiger partial charge is 0.264 e. The molecular weight excluding hydrogens is 487 g/mol. The maximum Gasteiger partial charge on any atom is 0.264 e. The predicted molar refractivity (Wildman–Crippen MR) is 134 cm³/mol. The van der Waals surface area contributed by atoms with Crippen molar-refractivity contribution in [1.82, 2.24) is 9.80 Å². The molecule has 2 aliphatic rings. The number of rotatable bonds is 8. The molecule has 2 aliphatic heterocycles. The lowest BCUT2D eigenvalue weighted by molar-refractivity contribution is -0.135. The first-order valence-corrected chi connectivity index (χ1v) is 13.5. The number of hydrogen-bond donors (Lipinski definition) is 0. The highest BCUT2D eigenvalue weighted by Gasteiger charge is 2.34. The van der Waals surface area contributed by atoms with Gasteiger partial charge < -0.3 is 19.3 Å². The molecule has 9 heteroatoms. The van der Waals surface area contributed by atoms with Crippen molar-refractivity contribution in [3.8, 4) is 5.75 Å². The van der Waals surface area contributed by atoms with E-state index in [1.54, 1.807) is 39.3 Å². The van der Waals surface area contributed by atoms with Crippen LogP contribution in [-0.4, -0.2) is 60.6 Å². The van der Waals surface area contributed by atoms with Crippen molar-refractivity contribution >= 4 is 34.5 Å². The van der Waals surface area contributed by atoms with E-state index in [9.17, 15) is 14.0 Å². The molecule has 35 heavy (non-hydrogen) atoms. The fraction of sp³-hybridized carbons (Fsp3) is 0.385. The summed E-state index contributed by atoms with van der Waals surface area (Å²) in [4.78, 5) is 32.2. The number of nitrogens with zero attached hydrogens (tertiary/aromatic N) is 2. The number of carbonyl (C=O) groups excluding carboxylic acids is 2. The second kappa shape index (κ2) is 10.9. The minimum atomic E-state index is -0.368. The molecule has 5 rings (SSSR count). The van der Waals surface area contributed by atoms with Gasteiger partial charge in [-0.15, -0.1) is 22.7 Å². The number of hydrogen-bond acceptors (Lipinski definition) is 6. The van der Waals surface area contributed by atoms with E-state index in [0.717, 1.165) is 24.8 Å². The number of benzene rings is 1. The highest BCUT2D eigenvalue weighted by atomic mass is 32.1. The van der Waals surface area contributed by atoms with Gasteiger partial charge >= 0.3 is 0 Å². The molecular formula is C26H27FN2O4S2. The van der Waals surface area contributed by atoms with Crippen LogP contribution >= 0.6 is 22.7 Å². The molecule has 0 radical (unpaired) electrons. The lowest BCUT2D eigenvalue weighted by Crippen LogP contribution is -2.49. The van der Waals surface area contributed by atoms with Gasteiger partial charge in [-0.1, -0.05) is 12.1 Å². The van der Waals surface area contributed by atoms with E-state index < -0.39 is 0 Å². The summed E-state index contributed by atoms with van der Waals surface area (Å²) in [6, 6.07) is 11.4. The molecule has 0 aliphatic carbocycles. The van der Waals surface area contributed by atoms with Crippen LogP contribution in [0.4, 0.5) is 4.39 Å². The zero-order valence-corrected chi connectivity index (χ0v) is 20.9. The molecule has 1 saturated heterocycles. The molecule has 0 bridgehead atoms. The Bertz CT molecular complexity index is 1160. The van der Waals surface area contributed by atoms with Gasteiger partial charge in [0.05, 0.1) is 17.0 Å². The fourth-order valence-corrected chi connectivity index (χ4v) is 6.29. The zero-order chi connectivity index (χ0) is 24.2. The molecule has 184 valence electrons. The van der Waals surface area contributed by atoms with Crippen LogP contribution in [0, 0.1) is 5.82 Å². The largest absolute Gasteiger partial charge is 0.491 e. The summed E-state index contributed by atoms with van der Waals surface area (Å²) in [7, 11) is 0. The first-order valence-electron chi connectivity index (χ1n) is 11.8. The van der Waals surface area contributed by atoms with Gasteiger partial charge in [0, 0.05) is 30.6 Å². The summed E-state index contributed by atoms with van der Waals surface area (Å²) < 4.78 is 25.3. The first-order chi connectivity index (χ1) is 17.1. The quantitative estimate of drug-likeness (QED) is 0.434. The Kier molecular flexibility index (Phi) is 7.46. The van der Waals surface area contributed by atoms with Gasteiger partial charge in [-0.2, -0.15) is 0 Å². The molecule has 2 amide bonds. The Morgan fingerprint density at radius 1 is 1.17 bits per heavy atom. The van der Waals surface area contributed by atoms with Gasteiger partial charge in [-0.3, -0.25) is 9.59 Å². The summed E-state index contributed by atoms with van der Waals surface area (Å²) in [5.41, 5.74) is 1.06. The number of halogens is 1. The summed E-state index contributed by atoms with van der Waals surface area (Å²) in [6.45, 7) is 1.82. The van der Waals surface area contributed by atoms with Gasteiger partial charge in [0.25, 0.3) is 5.91 Å². The monoisotopic (exact) mass is 514 g/mol. The predicted octanol–water partition coefficient (Wildman–Crippen LogP) is 4.77. The minimum Gasteiger partial charge on any atom is -0.491 e. The molecule has 0 saturated carbocycles. The third-order valence-electron chi connectivity index (χ3n) is 6.41. The number of carbonyl (C=O) groups is 2. The fourth-order valence-electron chi connectivity index (χ4n) is 4.67. The lowest BCUT2D eigenvalue weighted by Gasteiger charge is -2.37. The summed E-state index contributed by atoms with van der Waals surface area (Å²) in [5, 5.41) is 3.89. The Balaban J connectivity index is 1.34. The molecule has 2 aromatic heterocycles. The van der Waals surface area contributed by atoms with E-state index in [-0.39, 0.29) is 42.9 Å². The van der Waals surface area contributed by atoms with Crippen molar-refractivity contribution in [2.24, 2.45) is 0 Å². The zero-order valence-electron chi connectivity index (χ0n) is 19.2. The molecule has 0 N–H and O–H groups in total. The van der Waals surface area contributed by atoms with Crippen molar-refractivity contribution in [1.29, 1.82) is 0 Å². The third kappa shape index (κ3) is 5.58. The van der Waals surface area contributed by atoms with E-state index in [4.69, 9.17) is 9.47 Å². The second-order valence-corrected chi connectivity index (χ2v) is 10.7. The van der Waals surface area contributed by atoms with Gasteiger partial charge in [0.15, 0.2) is 0 Å². The van der Waals surface area contributed by atoms with E-state index in [2.05, 4.69) is 0 Å². The topological polar surface area (TPSA) is 59.1 Å². The van der Waals surface area contributed by atoms with Crippen LogP contribution in [0.25, 0.3) is 0 Å². The van der Waals surface area contributed by atoms with Gasteiger partial charge in [-0.25, -0.2) is 4.39 Å². The maximum absolute atomic E-state index is 13.6. The standard InChI is InChI=1S/C26H27FN2O4S2/c27-18-4-1-5-19(14-18)33-17-22-21-9-13-35-23(21)8-10-29(22)25(30)16-28(15-20-6-2-11-32-20)26(31)24-7-3-12-34-24/h1,3-5,7,9,12-14,20,22H,2,6,8,10-11,15-17H2/t20-,22+/m0/s1. The van der Waals surface area contributed by atoms with Crippen LogP contribution < -0.4 is 4.74 Å². The molecule has 2 atom stereocenters. The number of ether oxygens (including phenoxy) is 2. The first kappa shape index (κ1) is 24.0. The average Bonchev–Trinajstić information content (AvgIpc) is 3.64. The molecule has 3 aromatic rings. The van der Waals surface area contributed by atoms with Crippen LogP contribution in [0.2, 0.25) is 0 Å². The molecule has 4 heterocycles. The van der Waals surface area contributed by atoms with Crippen molar-refractivity contribution < 1.29 is 23.5 Å². The highest BCUT2D eigenvalue weighted by molar-refractivity contribution is 7.12. The number of fused-ring (bicyclic) bond motifs is 1. The van der Waals surface area contributed by atoms with E-state index in [1.807, 2.05) is 22.9 Å². The normalized spacial score (nSPS) is 19.4. The van der Waals surface area contributed by atoms with Crippen LogP contribution in [0.5, 0.6) is 5.75 Å². The Morgan fingerprint density at radius 3 is 2.86 bits per heavy atom. The summed E-state index contributed by atoms with van der Waals surface area (Å²) in [5.74, 6) is -0.220. The van der Waals surface area contributed by atoms with Gasteiger partial charge in [0.2, 0.25) is 5.91 Å². The Labute approximate surface area is 211 Å². The van der Waals surface area contributed by atoms with Gasteiger partial charge in [0.1, 0.15) is 24.7 Å². The van der Waals surface area contributed by atoms with E-state index in [1.165, 1.54) is 28.3 Å². The number of thiophene rings is 2. The van der Waals surface area contributed by atoms with Crippen LogP contribution in [0.15, 0.2) is 53.2 Å². The lowest BCUT2D eigenvalue weighted by atomic mass is 10.0. The summed E-state index contributed by atoms with van der Waals surface area (Å²) >= 11 is 3.05. The summed E-state index contributed by atoms with van der Waals surface area (Å²) in [6.07, 6.45) is 2.56. The molecule has 1 fully saturated rings. The molecule has 0 unspecified atom stereocenters. The Morgan fingerprint density at radius 2 is 2.09 bits per heavy atom. The third-order valence-corrected chi connectivity index (χ3v) is 8.27. The van der Waals surface area contributed by atoms with Gasteiger partial charge in [-0.05, 0) is 59.9 Å². The SMILES string of the molecule is O=C(c1cccs1)N(CC(=O)N1CCc2sccc2[C@H]1COc1cccc(F)c1)C[C@@H]1CCCO1. The van der Waals surface area contributed by atoms with Crippen molar-refractivity contribution in [2.45, 2.75) is 31.4 Å². The van der Waals surface area contributed by atoms with Crippen LogP contribution in [0.3, 0.4) is 0 Å². The molecule has 6 nitrogen and oxygen atoms in total. The average molecular weight is 515 g/mol. The van der Waals surface area contributed by atoms with E-state index in [0.29, 0.717) is 30.3 Å². The van der Waals surface area contributed by atoms with Crippen LogP contribution in [-0.2, 0) is 16.0 Å². The minimum absolute atomic E-state index is 0.0213. The van der Waals surface area contributed by atoms with Crippen LogP contribution in [0.1, 0.15) is 39.0 Å². The van der Waals surface area contributed by atoms with E-state index >= 15 is 0 Å². The van der Waals surface area contributed by atoms with Crippen molar-refractivity contribution in [2.75, 3.05) is 32.8 Å². The Hall–Kier alpha value is -2.75. The molecule has 1 aromatic carbocycles.